The van der Waals surface area contributed by atoms with E-state index < -0.39 is 0 Å². The number of likely N-dealkylation sites (N-methyl/N-ethyl adjacent to an activating group) is 1. The van der Waals surface area contributed by atoms with Gasteiger partial charge in [0.05, 0.1) is 12.2 Å². The Kier molecular flexibility index (Phi) is 7.38. The molecule has 1 heterocycles. The fourth-order valence-corrected chi connectivity index (χ4v) is 3.24. The molecule has 3 aromatic rings. The van der Waals surface area contributed by atoms with E-state index in [-0.39, 0.29) is 11.7 Å². The first kappa shape index (κ1) is 21.0. The van der Waals surface area contributed by atoms with Crippen LogP contribution in [0, 0.1) is 5.82 Å². The summed E-state index contributed by atoms with van der Waals surface area (Å²) in [4.78, 5) is 14.1. The predicted octanol–water partition coefficient (Wildman–Crippen LogP) is 4.05. The van der Waals surface area contributed by atoms with Gasteiger partial charge in [-0.05, 0) is 74.5 Å². The minimum absolute atomic E-state index is 0.0207. The average molecular weight is 415 g/mol. The fourth-order valence-electron chi connectivity index (χ4n) is 3.03. The van der Waals surface area contributed by atoms with E-state index >= 15 is 0 Å². The van der Waals surface area contributed by atoms with Gasteiger partial charge in [-0.1, -0.05) is 23.7 Å². The molecule has 1 aromatic heterocycles. The summed E-state index contributed by atoms with van der Waals surface area (Å²) in [5, 5.41) is 10.9. The molecular formula is C22H24ClFN4O. The highest BCUT2D eigenvalue weighted by Gasteiger charge is 2.08. The molecule has 0 bridgehead atoms. The molecule has 2 aromatic carbocycles. The molecule has 5 nitrogen and oxygen atoms in total. The number of amides is 1. The number of aryl methyl sites for hydroxylation is 1. The van der Waals surface area contributed by atoms with E-state index in [0.29, 0.717) is 18.1 Å². The first-order valence-corrected chi connectivity index (χ1v) is 9.87. The second-order valence-corrected chi connectivity index (χ2v) is 7.47. The van der Waals surface area contributed by atoms with Crippen molar-refractivity contribution < 1.29 is 9.18 Å². The van der Waals surface area contributed by atoms with E-state index in [0.717, 1.165) is 41.9 Å². The Morgan fingerprint density at radius 2 is 2.00 bits per heavy atom. The van der Waals surface area contributed by atoms with Gasteiger partial charge in [0.15, 0.2) is 0 Å². The molecule has 0 aliphatic rings. The molecule has 1 amide bonds. The van der Waals surface area contributed by atoms with Crippen LogP contribution in [0.4, 0.5) is 4.39 Å². The number of rotatable bonds is 9. The summed E-state index contributed by atoms with van der Waals surface area (Å²) in [6.07, 6.45) is 1.71. The molecule has 0 aliphatic carbocycles. The highest BCUT2D eigenvalue weighted by molar-refractivity contribution is 6.30. The predicted molar refractivity (Wildman–Crippen MR) is 113 cm³/mol. The van der Waals surface area contributed by atoms with Crippen LogP contribution in [-0.4, -0.2) is 41.1 Å². The maximum atomic E-state index is 13.0. The van der Waals surface area contributed by atoms with Crippen molar-refractivity contribution in [3.05, 3.63) is 76.7 Å². The first-order valence-electron chi connectivity index (χ1n) is 9.49. The lowest BCUT2D eigenvalue weighted by atomic mass is 10.1. The van der Waals surface area contributed by atoms with E-state index in [1.165, 1.54) is 12.1 Å². The number of H-pyrrole nitrogens is 1. The number of carbonyl (C=O) groups excluding carboxylic acids is 1. The van der Waals surface area contributed by atoms with E-state index in [2.05, 4.69) is 15.5 Å². The van der Waals surface area contributed by atoms with Crippen molar-refractivity contribution >= 4 is 17.5 Å². The summed E-state index contributed by atoms with van der Waals surface area (Å²) in [6.45, 7) is 1.59. The molecule has 0 fully saturated rings. The number of carbonyl (C=O) groups is 1. The van der Waals surface area contributed by atoms with Gasteiger partial charge in [0.1, 0.15) is 5.82 Å². The number of hydrogen-bond donors (Lipinski definition) is 2. The van der Waals surface area contributed by atoms with Gasteiger partial charge in [0, 0.05) is 22.8 Å². The summed E-state index contributed by atoms with van der Waals surface area (Å²) >= 11 is 5.95. The third kappa shape index (κ3) is 6.69. The van der Waals surface area contributed by atoms with Crippen LogP contribution in [0.25, 0.3) is 11.3 Å². The van der Waals surface area contributed by atoms with Gasteiger partial charge >= 0.3 is 0 Å². The van der Waals surface area contributed by atoms with Crippen molar-refractivity contribution in [1.29, 1.82) is 0 Å². The zero-order valence-electron chi connectivity index (χ0n) is 16.3. The van der Waals surface area contributed by atoms with E-state index in [4.69, 9.17) is 11.6 Å². The van der Waals surface area contributed by atoms with Crippen LogP contribution < -0.4 is 5.32 Å². The maximum Gasteiger partial charge on any atom is 0.234 e. The zero-order valence-corrected chi connectivity index (χ0v) is 17.0. The minimum Gasteiger partial charge on any atom is -0.351 e. The van der Waals surface area contributed by atoms with Gasteiger partial charge in [-0.25, -0.2) is 4.39 Å². The summed E-state index contributed by atoms with van der Waals surface area (Å²) in [7, 11) is 1.93. The number of aromatic amines is 1. The van der Waals surface area contributed by atoms with Gasteiger partial charge in [-0.15, -0.1) is 0 Å². The van der Waals surface area contributed by atoms with Crippen molar-refractivity contribution in [2.24, 2.45) is 0 Å². The van der Waals surface area contributed by atoms with Crippen molar-refractivity contribution in [1.82, 2.24) is 20.4 Å². The topological polar surface area (TPSA) is 61.0 Å². The van der Waals surface area contributed by atoms with Gasteiger partial charge in [-0.2, -0.15) is 5.10 Å². The minimum atomic E-state index is -0.260. The van der Waals surface area contributed by atoms with Crippen molar-refractivity contribution in [2.75, 3.05) is 20.1 Å². The monoisotopic (exact) mass is 414 g/mol. The van der Waals surface area contributed by atoms with Crippen LogP contribution in [0.1, 0.15) is 17.7 Å². The quantitative estimate of drug-likeness (QED) is 0.555. The first-order chi connectivity index (χ1) is 14.0. The van der Waals surface area contributed by atoms with Crippen LogP contribution in [0.5, 0.6) is 0 Å². The average Bonchev–Trinajstić information content (AvgIpc) is 3.16. The lowest BCUT2D eigenvalue weighted by Crippen LogP contribution is -2.35. The molecule has 7 heteroatoms. The largest absolute Gasteiger partial charge is 0.351 e. The Balaban J connectivity index is 1.38. The van der Waals surface area contributed by atoms with E-state index in [1.807, 2.05) is 42.3 Å². The summed E-state index contributed by atoms with van der Waals surface area (Å²) < 4.78 is 13.0. The summed E-state index contributed by atoms with van der Waals surface area (Å²) in [5.74, 6) is -0.281. The highest BCUT2D eigenvalue weighted by Crippen LogP contribution is 2.18. The number of nitrogens with one attached hydrogen (secondary N) is 2. The molecule has 152 valence electrons. The molecule has 0 saturated heterocycles. The zero-order chi connectivity index (χ0) is 20.6. The van der Waals surface area contributed by atoms with Crippen LogP contribution in [0.15, 0.2) is 54.6 Å². The van der Waals surface area contributed by atoms with Crippen molar-refractivity contribution in [3.8, 4) is 11.3 Å². The third-order valence-electron chi connectivity index (χ3n) is 4.55. The number of halogens is 2. The Labute approximate surface area is 174 Å². The number of benzene rings is 2. The van der Waals surface area contributed by atoms with E-state index in [9.17, 15) is 9.18 Å². The normalized spacial score (nSPS) is 11.0. The maximum absolute atomic E-state index is 13.0. The molecule has 0 spiro atoms. The van der Waals surface area contributed by atoms with Gasteiger partial charge in [0.25, 0.3) is 0 Å². The molecule has 0 saturated carbocycles. The van der Waals surface area contributed by atoms with Crippen LogP contribution in [-0.2, 0) is 17.8 Å². The summed E-state index contributed by atoms with van der Waals surface area (Å²) in [5.41, 5.74) is 3.67. The van der Waals surface area contributed by atoms with Gasteiger partial charge in [-0.3, -0.25) is 14.8 Å². The molecule has 0 atom stereocenters. The van der Waals surface area contributed by atoms with Gasteiger partial charge in [0.2, 0.25) is 5.91 Å². The number of aromatic nitrogens is 2. The second kappa shape index (κ2) is 10.2. The Morgan fingerprint density at radius 1 is 1.21 bits per heavy atom. The lowest BCUT2D eigenvalue weighted by molar-refractivity contribution is -0.122. The lowest BCUT2D eigenvalue weighted by Gasteiger charge is -2.16. The second-order valence-electron chi connectivity index (χ2n) is 7.03. The molecule has 0 radical (unpaired) electrons. The van der Waals surface area contributed by atoms with Crippen LogP contribution >= 0.6 is 11.6 Å². The van der Waals surface area contributed by atoms with Gasteiger partial charge < -0.3 is 5.32 Å². The van der Waals surface area contributed by atoms with Crippen molar-refractivity contribution in [2.45, 2.75) is 19.4 Å². The number of hydrogen-bond acceptors (Lipinski definition) is 3. The molecular weight excluding hydrogens is 391 g/mol. The molecule has 0 unspecified atom stereocenters. The van der Waals surface area contributed by atoms with Crippen LogP contribution in [0.2, 0.25) is 5.02 Å². The fraction of sp³-hybridized carbons (Fsp3) is 0.273. The molecule has 3 rings (SSSR count). The number of nitrogens with zero attached hydrogens (tertiary/aromatic N) is 2. The van der Waals surface area contributed by atoms with Crippen LogP contribution in [0.3, 0.4) is 0 Å². The van der Waals surface area contributed by atoms with Crippen molar-refractivity contribution in [3.63, 3.8) is 0 Å². The van der Waals surface area contributed by atoms with E-state index in [1.54, 1.807) is 12.1 Å². The summed E-state index contributed by atoms with van der Waals surface area (Å²) in [6, 6.07) is 15.7. The Hall–Kier alpha value is -2.70. The highest BCUT2D eigenvalue weighted by atomic mass is 35.5. The molecule has 2 N–H and O–H groups in total. The third-order valence-corrected chi connectivity index (χ3v) is 4.78. The Bertz CT molecular complexity index is 942. The standard InChI is InChI=1S/C22H24ClFN4O/c1-28(15-22(29)25-14-16-4-2-5-18(23)12-16)11-3-6-20-13-21(27-26-20)17-7-9-19(24)10-8-17/h2,4-5,7-10,12-13H,3,6,11,14-15H2,1H3,(H,25,29)(H,26,27). The SMILES string of the molecule is CN(CCCc1cc(-c2ccc(F)cc2)n[nH]1)CC(=O)NCc1cccc(Cl)c1. The Morgan fingerprint density at radius 3 is 2.76 bits per heavy atom. The molecule has 29 heavy (non-hydrogen) atoms. The molecule has 0 aliphatic heterocycles. The smallest absolute Gasteiger partial charge is 0.234 e.